The number of aromatic nitrogens is 4. The van der Waals surface area contributed by atoms with Gasteiger partial charge in [0.25, 0.3) is 0 Å². The minimum Gasteiger partial charge on any atom is -0.342 e. The Bertz CT molecular complexity index is 1080. The summed E-state index contributed by atoms with van der Waals surface area (Å²) in [5, 5.41) is 12.2. The van der Waals surface area contributed by atoms with Crippen LogP contribution in [0.3, 0.4) is 0 Å². The van der Waals surface area contributed by atoms with E-state index in [9.17, 15) is 4.79 Å². The minimum atomic E-state index is -0.0788. The lowest BCUT2D eigenvalue weighted by Crippen LogP contribution is -2.40. The third-order valence-corrected chi connectivity index (χ3v) is 5.74. The molecule has 8 nitrogen and oxygen atoms in total. The van der Waals surface area contributed by atoms with Crippen molar-refractivity contribution in [3.05, 3.63) is 42.6 Å². The molecule has 30 heavy (non-hydrogen) atoms. The molecule has 3 aromatic rings. The Morgan fingerprint density at radius 2 is 2.23 bits per heavy atom. The highest BCUT2D eigenvalue weighted by molar-refractivity contribution is 5.94. The van der Waals surface area contributed by atoms with Crippen LogP contribution < -0.4 is 5.32 Å². The smallest absolute Gasteiger partial charge is 0.236 e. The number of imidazole rings is 1. The van der Waals surface area contributed by atoms with Crippen LogP contribution in [0.2, 0.25) is 0 Å². The first kappa shape index (κ1) is 18.3. The Labute approximate surface area is 174 Å². The highest BCUT2D eigenvalue weighted by atomic mass is 16.2. The monoisotopic (exact) mass is 399 g/mol. The maximum Gasteiger partial charge on any atom is 0.236 e. The van der Waals surface area contributed by atoms with Crippen molar-refractivity contribution in [3.63, 3.8) is 0 Å². The predicted octanol–water partition coefficient (Wildman–Crippen LogP) is 3.29. The van der Waals surface area contributed by atoms with Crippen LogP contribution in [0, 0.1) is 17.2 Å². The van der Waals surface area contributed by atoms with Crippen molar-refractivity contribution in [3.8, 4) is 28.6 Å². The van der Waals surface area contributed by atoms with E-state index in [4.69, 9.17) is 10.2 Å². The van der Waals surface area contributed by atoms with E-state index in [-0.39, 0.29) is 12.3 Å². The van der Waals surface area contributed by atoms with E-state index in [1.165, 1.54) is 0 Å². The van der Waals surface area contributed by atoms with Crippen molar-refractivity contribution >= 4 is 17.4 Å². The molecule has 150 valence electrons. The lowest BCUT2D eigenvalue weighted by molar-refractivity contribution is -0.131. The largest absolute Gasteiger partial charge is 0.342 e. The van der Waals surface area contributed by atoms with Crippen LogP contribution in [-0.4, -0.2) is 43.8 Å². The van der Waals surface area contributed by atoms with Gasteiger partial charge in [-0.25, -0.2) is 9.97 Å². The number of aromatic amines is 1. The van der Waals surface area contributed by atoms with Gasteiger partial charge in [0.15, 0.2) is 0 Å². The topological polar surface area (TPSA) is 111 Å². The zero-order valence-corrected chi connectivity index (χ0v) is 16.4. The van der Waals surface area contributed by atoms with Gasteiger partial charge in [-0.3, -0.25) is 9.78 Å². The lowest BCUT2D eigenvalue weighted by Gasteiger charge is -2.32. The summed E-state index contributed by atoms with van der Waals surface area (Å²) in [6.45, 7) is 1.41. The number of hydrogen-bond donors (Lipinski definition) is 2. The van der Waals surface area contributed by atoms with Crippen LogP contribution in [0.1, 0.15) is 25.1 Å². The van der Waals surface area contributed by atoms with E-state index in [1.54, 1.807) is 18.6 Å². The van der Waals surface area contributed by atoms with Gasteiger partial charge < -0.3 is 15.2 Å². The Morgan fingerprint density at radius 1 is 1.30 bits per heavy atom. The molecule has 1 atom stereocenters. The molecule has 1 fully saturated rings. The SMILES string of the molecule is N#CCC(=O)N1CCCC(Cc2nc3c([nH]2)-c2ccncc2Nc2ncccc2-3)C1. The highest BCUT2D eigenvalue weighted by Crippen LogP contribution is 2.41. The summed E-state index contributed by atoms with van der Waals surface area (Å²) in [5.74, 6) is 1.90. The summed E-state index contributed by atoms with van der Waals surface area (Å²) in [4.78, 5) is 31.1. The average molecular weight is 399 g/mol. The fraction of sp³-hybridized carbons (Fsp3) is 0.318. The van der Waals surface area contributed by atoms with Crippen LogP contribution in [0.25, 0.3) is 22.5 Å². The number of H-pyrrole nitrogens is 1. The summed E-state index contributed by atoms with van der Waals surface area (Å²) in [7, 11) is 0. The second-order valence-corrected chi connectivity index (χ2v) is 7.74. The molecule has 2 N–H and O–H groups in total. The van der Waals surface area contributed by atoms with Gasteiger partial charge in [0.05, 0.1) is 23.6 Å². The van der Waals surface area contributed by atoms with Gasteiger partial charge in [-0.15, -0.1) is 0 Å². The minimum absolute atomic E-state index is 0.0522. The van der Waals surface area contributed by atoms with E-state index < -0.39 is 0 Å². The molecule has 5 rings (SSSR count). The Balaban J connectivity index is 1.47. The molecule has 1 unspecified atom stereocenters. The number of pyridine rings is 2. The zero-order valence-electron chi connectivity index (χ0n) is 16.4. The van der Waals surface area contributed by atoms with Crippen LogP contribution in [-0.2, 0) is 11.2 Å². The van der Waals surface area contributed by atoms with Crippen molar-refractivity contribution in [2.45, 2.75) is 25.7 Å². The molecule has 0 aromatic carbocycles. The first-order valence-corrected chi connectivity index (χ1v) is 10.1. The third-order valence-electron chi connectivity index (χ3n) is 5.74. The van der Waals surface area contributed by atoms with Crippen molar-refractivity contribution in [1.29, 1.82) is 5.26 Å². The van der Waals surface area contributed by atoms with E-state index in [0.717, 1.165) is 65.7 Å². The second kappa shape index (κ2) is 7.59. The molecule has 8 heteroatoms. The third kappa shape index (κ3) is 3.28. The van der Waals surface area contributed by atoms with Crippen molar-refractivity contribution in [2.75, 3.05) is 18.4 Å². The first-order valence-electron chi connectivity index (χ1n) is 10.1. The molecule has 2 aliphatic heterocycles. The number of hydrogen-bond acceptors (Lipinski definition) is 6. The number of fused-ring (bicyclic) bond motifs is 5. The summed E-state index contributed by atoms with van der Waals surface area (Å²) in [6.07, 6.45) is 8.03. The molecule has 0 radical (unpaired) electrons. The summed E-state index contributed by atoms with van der Waals surface area (Å²) >= 11 is 0. The van der Waals surface area contributed by atoms with Gasteiger partial charge in [0.2, 0.25) is 5.91 Å². The summed E-state index contributed by atoms with van der Waals surface area (Å²) < 4.78 is 0. The van der Waals surface area contributed by atoms with Gasteiger partial charge >= 0.3 is 0 Å². The Hall–Kier alpha value is -3.73. The average Bonchev–Trinajstić information content (AvgIpc) is 3.13. The fourth-order valence-corrected chi connectivity index (χ4v) is 4.36. The number of nitriles is 1. The van der Waals surface area contributed by atoms with Crippen molar-refractivity contribution in [2.24, 2.45) is 5.92 Å². The molecule has 3 aromatic heterocycles. The molecular formula is C22H21N7O. The van der Waals surface area contributed by atoms with Crippen LogP contribution in [0.4, 0.5) is 11.5 Å². The molecule has 1 saturated heterocycles. The summed E-state index contributed by atoms with van der Waals surface area (Å²) in [6, 6.07) is 7.85. The molecule has 2 aliphatic rings. The highest BCUT2D eigenvalue weighted by Gasteiger charge is 2.27. The second-order valence-electron chi connectivity index (χ2n) is 7.74. The molecule has 5 heterocycles. The number of carbonyl (C=O) groups excluding carboxylic acids is 1. The maximum atomic E-state index is 12.1. The molecular weight excluding hydrogens is 378 g/mol. The number of piperidine rings is 1. The molecule has 0 bridgehead atoms. The number of rotatable bonds is 3. The quantitative estimate of drug-likeness (QED) is 0.547. The number of likely N-dealkylation sites (tertiary alicyclic amines) is 1. The first-order chi connectivity index (χ1) is 14.7. The molecule has 0 saturated carbocycles. The van der Waals surface area contributed by atoms with Gasteiger partial charge in [-0.1, -0.05) is 0 Å². The maximum absolute atomic E-state index is 12.1. The summed E-state index contributed by atoms with van der Waals surface area (Å²) in [5.41, 5.74) is 4.66. The fourth-order valence-electron chi connectivity index (χ4n) is 4.36. The number of carbonyl (C=O) groups is 1. The normalized spacial score (nSPS) is 17.0. The van der Waals surface area contributed by atoms with Crippen LogP contribution >= 0.6 is 0 Å². The Kier molecular flexibility index (Phi) is 4.64. The van der Waals surface area contributed by atoms with Crippen LogP contribution in [0.15, 0.2) is 36.8 Å². The van der Waals surface area contributed by atoms with Gasteiger partial charge in [0.1, 0.15) is 23.8 Å². The number of nitrogens with one attached hydrogen (secondary N) is 2. The molecule has 0 spiro atoms. The Morgan fingerprint density at radius 3 is 3.13 bits per heavy atom. The van der Waals surface area contributed by atoms with Gasteiger partial charge in [0, 0.05) is 43.0 Å². The van der Waals surface area contributed by atoms with Crippen molar-refractivity contribution < 1.29 is 4.79 Å². The molecule has 1 amide bonds. The van der Waals surface area contributed by atoms with E-state index in [2.05, 4.69) is 20.3 Å². The van der Waals surface area contributed by atoms with E-state index >= 15 is 0 Å². The van der Waals surface area contributed by atoms with Crippen LogP contribution in [0.5, 0.6) is 0 Å². The number of amides is 1. The number of nitrogens with zero attached hydrogens (tertiary/aromatic N) is 5. The van der Waals surface area contributed by atoms with E-state index in [0.29, 0.717) is 12.5 Å². The lowest BCUT2D eigenvalue weighted by atomic mass is 9.94. The zero-order chi connectivity index (χ0) is 20.5. The van der Waals surface area contributed by atoms with Crippen molar-refractivity contribution in [1.82, 2.24) is 24.8 Å². The predicted molar refractivity (Wildman–Crippen MR) is 112 cm³/mol. The standard InChI is InChI=1S/C22H21N7O/c23-7-5-19(30)29-10-2-3-14(13-29)11-18-27-20-15-6-9-24-12-17(15)26-22-16(21(20)28-18)4-1-8-25-22/h1,4,6,8-9,12,14H,2-3,5,10-11,13H2,(H,25,26)(H,27,28). The number of anilines is 2. The van der Waals surface area contributed by atoms with E-state index in [1.807, 2.05) is 29.2 Å². The van der Waals surface area contributed by atoms with Gasteiger partial charge in [-0.2, -0.15) is 5.26 Å². The van der Waals surface area contributed by atoms with Gasteiger partial charge in [-0.05, 0) is 37.0 Å². The molecule has 0 aliphatic carbocycles.